The Labute approximate surface area is 161 Å². The number of nitrogens with one attached hydrogen (secondary N) is 1. The molecular weight excluding hydrogens is 386 g/mol. The Kier molecular flexibility index (Phi) is 6.04. The first-order valence-electron chi connectivity index (χ1n) is 8.21. The van der Waals surface area contributed by atoms with Gasteiger partial charge in [0.25, 0.3) is 10.0 Å². The van der Waals surface area contributed by atoms with Gasteiger partial charge in [-0.05, 0) is 24.3 Å². The molecule has 9 heteroatoms. The Morgan fingerprint density at radius 3 is 2.56 bits per heavy atom. The Hall–Kier alpha value is -2.49. The topological polar surface area (TPSA) is 88.6 Å². The van der Waals surface area contributed by atoms with E-state index in [4.69, 9.17) is 4.74 Å². The van der Waals surface area contributed by atoms with Gasteiger partial charge in [0.15, 0.2) is 0 Å². The summed E-state index contributed by atoms with van der Waals surface area (Å²) in [5.41, 5.74) is 0.686. The summed E-state index contributed by atoms with van der Waals surface area (Å²) < 4.78 is 33.1. The third-order valence-corrected chi connectivity index (χ3v) is 6.67. The van der Waals surface area contributed by atoms with E-state index in [-0.39, 0.29) is 16.6 Å². The molecule has 1 N–H and O–H groups in total. The van der Waals surface area contributed by atoms with Crippen molar-refractivity contribution in [3.05, 3.63) is 54.6 Å². The zero-order chi connectivity index (χ0) is 19.3. The molecule has 0 aliphatic rings. The fraction of sp³-hybridized carbons (Fsp3) is 0.222. The third kappa shape index (κ3) is 4.44. The largest absolute Gasteiger partial charge is 0.383 e. The molecule has 0 atom stereocenters. The van der Waals surface area contributed by atoms with E-state index in [1.807, 2.05) is 18.2 Å². The maximum atomic E-state index is 13.2. The van der Waals surface area contributed by atoms with Crippen LogP contribution in [0, 0.1) is 0 Å². The first-order chi connectivity index (χ1) is 13.0. The van der Waals surface area contributed by atoms with E-state index < -0.39 is 15.9 Å². The molecule has 3 rings (SSSR count). The van der Waals surface area contributed by atoms with Crippen LogP contribution < -0.4 is 9.62 Å². The number of amides is 1. The number of benzene rings is 2. The van der Waals surface area contributed by atoms with Gasteiger partial charge in [-0.15, -0.1) is 0 Å². The highest BCUT2D eigenvalue weighted by molar-refractivity contribution is 7.93. The summed E-state index contributed by atoms with van der Waals surface area (Å²) in [6.07, 6.45) is 0. The van der Waals surface area contributed by atoms with Gasteiger partial charge in [-0.3, -0.25) is 4.79 Å². The number of rotatable bonds is 8. The molecular formula is C18H19N3O4S2. The van der Waals surface area contributed by atoms with Crippen LogP contribution in [0.25, 0.3) is 10.2 Å². The summed E-state index contributed by atoms with van der Waals surface area (Å²) in [4.78, 5) is 16.8. The number of ether oxygens (including phenoxy) is 1. The molecule has 0 fully saturated rings. The molecule has 0 unspecified atom stereocenters. The van der Waals surface area contributed by atoms with Crippen molar-refractivity contribution in [3.8, 4) is 0 Å². The molecule has 0 spiro atoms. The molecule has 0 radical (unpaired) electrons. The molecule has 0 aliphatic carbocycles. The molecule has 3 aromatic rings. The molecule has 7 nitrogen and oxygen atoms in total. The van der Waals surface area contributed by atoms with Crippen molar-refractivity contribution >= 4 is 42.6 Å². The Bertz CT molecular complexity index is 986. The lowest BCUT2D eigenvalue weighted by atomic mass is 10.3. The molecule has 0 bridgehead atoms. The van der Waals surface area contributed by atoms with Gasteiger partial charge in [-0.25, -0.2) is 17.7 Å². The van der Waals surface area contributed by atoms with Crippen molar-refractivity contribution in [2.24, 2.45) is 0 Å². The van der Waals surface area contributed by atoms with Crippen LogP contribution >= 0.6 is 11.3 Å². The summed E-state index contributed by atoms with van der Waals surface area (Å²) in [5, 5.41) is 2.90. The van der Waals surface area contributed by atoms with E-state index in [9.17, 15) is 13.2 Å². The van der Waals surface area contributed by atoms with Crippen LogP contribution in [0.5, 0.6) is 0 Å². The second-order valence-electron chi connectivity index (χ2n) is 5.63. The van der Waals surface area contributed by atoms with Crippen molar-refractivity contribution < 1.29 is 17.9 Å². The SMILES string of the molecule is COCCNC(=O)CN(c1nc2ccccc2s1)S(=O)(=O)c1ccccc1. The second-order valence-corrected chi connectivity index (χ2v) is 8.50. The van der Waals surface area contributed by atoms with Crippen LogP contribution in [-0.4, -0.2) is 46.1 Å². The first-order valence-corrected chi connectivity index (χ1v) is 10.5. The second kappa shape index (κ2) is 8.47. The molecule has 0 saturated carbocycles. The minimum atomic E-state index is -3.94. The quantitative estimate of drug-likeness (QED) is 0.581. The lowest BCUT2D eigenvalue weighted by Crippen LogP contribution is -2.41. The summed E-state index contributed by atoms with van der Waals surface area (Å²) in [6.45, 7) is 0.285. The van der Waals surface area contributed by atoms with Crippen LogP contribution in [0.4, 0.5) is 5.13 Å². The van der Waals surface area contributed by atoms with E-state index in [0.29, 0.717) is 18.7 Å². The monoisotopic (exact) mass is 405 g/mol. The van der Waals surface area contributed by atoms with Gasteiger partial charge in [0, 0.05) is 13.7 Å². The molecule has 1 amide bonds. The van der Waals surface area contributed by atoms with Crippen LogP contribution in [0.2, 0.25) is 0 Å². The number of methoxy groups -OCH3 is 1. The molecule has 0 aliphatic heterocycles. The van der Waals surface area contributed by atoms with Gasteiger partial charge >= 0.3 is 0 Å². The van der Waals surface area contributed by atoms with E-state index in [0.717, 1.165) is 9.01 Å². The molecule has 142 valence electrons. The zero-order valence-electron chi connectivity index (χ0n) is 14.7. The number of aromatic nitrogens is 1. The Balaban J connectivity index is 1.97. The average molecular weight is 406 g/mol. The van der Waals surface area contributed by atoms with Gasteiger partial charge < -0.3 is 10.1 Å². The van der Waals surface area contributed by atoms with Gasteiger partial charge in [0.05, 0.1) is 21.7 Å². The van der Waals surface area contributed by atoms with Gasteiger partial charge in [-0.1, -0.05) is 41.7 Å². The van der Waals surface area contributed by atoms with E-state index in [1.54, 1.807) is 24.3 Å². The van der Waals surface area contributed by atoms with Crippen LogP contribution in [0.15, 0.2) is 59.5 Å². The predicted molar refractivity (Wildman–Crippen MR) is 105 cm³/mol. The number of para-hydroxylation sites is 1. The van der Waals surface area contributed by atoms with Gasteiger partial charge in [0.1, 0.15) is 6.54 Å². The summed E-state index contributed by atoms with van der Waals surface area (Å²) in [6, 6.07) is 15.4. The van der Waals surface area contributed by atoms with Crippen molar-refractivity contribution in [2.45, 2.75) is 4.90 Å². The van der Waals surface area contributed by atoms with Crippen LogP contribution in [0.3, 0.4) is 0 Å². The lowest BCUT2D eigenvalue weighted by molar-refractivity contribution is -0.119. The predicted octanol–water partition coefficient (Wildman–Crippen LogP) is 2.25. The smallest absolute Gasteiger partial charge is 0.266 e. The highest BCUT2D eigenvalue weighted by Crippen LogP contribution is 2.31. The number of hydrogen-bond donors (Lipinski definition) is 1. The van der Waals surface area contributed by atoms with E-state index in [1.165, 1.54) is 30.6 Å². The Morgan fingerprint density at radius 2 is 1.85 bits per heavy atom. The molecule has 1 heterocycles. The fourth-order valence-corrected chi connectivity index (χ4v) is 4.99. The minimum Gasteiger partial charge on any atom is -0.383 e. The highest BCUT2D eigenvalue weighted by atomic mass is 32.2. The number of thiazole rings is 1. The highest BCUT2D eigenvalue weighted by Gasteiger charge is 2.29. The number of carbonyl (C=O) groups excluding carboxylic acids is 1. The normalized spacial score (nSPS) is 11.4. The van der Waals surface area contributed by atoms with Crippen molar-refractivity contribution in [3.63, 3.8) is 0 Å². The van der Waals surface area contributed by atoms with Crippen molar-refractivity contribution in [1.29, 1.82) is 0 Å². The standard InChI is InChI=1S/C18H19N3O4S2/c1-25-12-11-19-17(22)13-21(27(23,24)14-7-3-2-4-8-14)18-20-15-9-5-6-10-16(15)26-18/h2-10H,11-13H2,1H3,(H,19,22). The Morgan fingerprint density at radius 1 is 1.15 bits per heavy atom. The fourth-order valence-electron chi connectivity index (χ4n) is 2.42. The molecule has 27 heavy (non-hydrogen) atoms. The summed E-state index contributed by atoms with van der Waals surface area (Å²) >= 11 is 1.23. The van der Waals surface area contributed by atoms with Crippen LogP contribution in [-0.2, 0) is 19.6 Å². The van der Waals surface area contributed by atoms with E-state index in [2.05, 4.69) is 10.3 Å². The maximum absolute atomic E-state index is 13.2. The summed E-state index contributed by atoms with van der Waals surface area (Å²) in [7, 11) is -2.41. The van der Waals surface area contributed by atoms with Crippen molar-refractivity contribution in [1.82, 2.24) is 10.3 Å². The van der Waals surface area contributed by atoms with Gasteiger partial charge in [0.2, 0.25) is 11.0 Å². The third-order valence-electron chi connectivity index (χ3n) is 3.74. The summed E-state index contributed by atoms with van der Waals surface area (Å²) in [5.74, 6) is -0.425. The molecule has 1 aromatic heterocycles. The number of hydrogen-bond acceptors (Lipinski definition) is 6. The van der Waals surface area contributed by atoms with Crippen LogP contribution in [0.1, 0.15) is 0 Å². The lowest BCUT2D eigenvalue weighted by Gasteiger charge is -2.21. The number of anilines is 1. The molecule has 2 aromatic carbocycles. The number of carbonyl (C=O) groups is 1. The zero-order valence-corrected chi connectivity index (χ0v) is 16.3. The van der Waals surface area contributed by atoms with Gasteiger partial charge in [-0.2, -0.15) is 0 Å². The van der Waals surface area contributed by atoms with Crippen molar-refractivity contribution in [2.75, 3.05) is 31.1 Å². The maximum Gasteiger partial charge on any atom is 0.266 e. The first kappa shape index (κ1) is 19.3. The average Bonchev–Trinajstić information content (AvgIpc) is 3.10. The number of fused-ring (bicyclic) bond motifs is 1. The molecule has 0 saturated heterocycles. The minimum absolute atomic E-state index is 0.106. The number of sulfonamides is 1. The number of nitrogens with zero attached hydrogens (tertiary/aromatic N) is 2. The van der Waals surface area contributed by atoms with E-state index >= 15 is 0 Å².